The van der Waals surface area contributed by atoms with Crippen LogP contribution in [-0.4, -0.2) is 30.0 Å². The summed E-state index contributed by atoms with van der Waals surface area (Å²) in [5, 5.41) is 3.07. The second-order valence-corrected chi connectivity index (χ2v) is 6.77. The highest BCUT2D eigenvalue weighted by molar-refractivity contribution is 6.02. The Kier molecular flexibility index (Phi) is 5.64. The molecule has 5 heteroatoms. The molecule has 0 aliphatic carbocycles. The molecule has 144 valence electrons. The van der Waals surface area contributed by atoms with Crippen molar-refractivity contribution < 1.29 is 14.3 Å². The number of hydrogen-bond acceptors (Lipinski definition) is 4. The number of benzene rings is 2. The van der Waals surface area contributed by atoms with E-state index in [1.54, 1.807) is 18.2 Å². The van der Waals surface area contributed by atoms with Gasteiger partial charge in [0.15, 0.2) is 5.78 Å². The standard InChI is InChI=1S/C23H24N2O3/c1-15-9-11-18(12-10-15)25-16(2)13-20(17(25)3)22(26)14-24-21-8-6-5-7-19(21)23(27)28-4/h5-13,24H,14H2,1-4H3. The van der Waals surface area contributed by atoms with Gasteiger partial charge in [-0.2, -0.15) is 0 Å². The number of hydrogen-bond donors (Lipinski definition) is 1. The third-order valence-electron chi connectivity index (χ3n) is 4.80. The van der Waals surface area contributed by atoms with Crippen molar-refractivity contribution in [3.8, 4) is 5.69 Å². The van der Waals surface area contributed by atoms with Gasteiger partial charge in [0.05, 0.1) is 19.2 Å². The van der Waals surface area contributed by atoms with E-state index in [0.717, 1.165) is 17.1 Å². The predicted octanol–water partition coefficient (Wildman–Crippen LogP) is 4.48. The average molecular weight is 376 g/mol. The molecule has 0 saturated carbocycles. The lowest BCUT2D eigenvalue weighted by Gasteiger charge is -2.11. The SMILES string of the molecule is COC(=O)c1ccccc1NCC(=O)c1cc(C)n(-c2ccc(C)cc2)c1C. The summed E-state index contributed by atoms with van der Waals surface area (Å²) in [5.41, 5.74) is 5.77. The second kappa shape index (κ2) is 8.13. The van der Waals surface area contributed by atoms with Crippen LogP contribution in [0.5, 0.6) is 0 Å². The number of nitrogens with one attached hydrogen (secondary N) is 1. The summed E-state index contributed by atoms with van der Waals surface area (Å²) in [7, 11) is 1.34. The Balaban J connectivity index is 1.82. The van der Waals surface area contributed by atoms with Gasteiger partial charge >= 0.3 is 5.97 Å². The molecule has 1 heterocycles. The van der Waals surface area contributed by atoms with Gasteiger partial charge in [-0.3, -0.25) is 4.79 Å². The van der Waals surface area contributed by atoms with E-state index in [1.165, 1.54) is 12.7 Å². The van der Waals surface area contributed by atoms with Gasteiger partial charge in [0.1, 0.15) is 0 Å². The molecule has 5 nitrogen and oxygen atoms in total. The molecular formula is C23H24N2O3. The minimum absolute atomic E-state index is 0.0360. The van der Waals surface area contributed by atoms with E-state index >= 15 is 0 Å². The molecule has 2 aromatic carbocycles. The lowest BCUT2D eigenvalue weighted by Crippen LogP contribution is -2.17. The molecule has 0 fully saturated rings. The maximum Gasteiger partial charge on any atom is 0.339 e. The zero-order chi connectivity index (χ0) is 20.3. The molecule has 0 aliphatic rings. The molecule has 1 N–H and O–H groups in total. The van der Waals surface area contributed by atoms with Crippen LogP contribution in [0.15, 0.2) is 54.6 Å². The van der Waals surface area contributed by atoms with Gasteiger partial charge in [0.2, 0.25) is 0 Å². The van der Waals surface area contributed by atoms with Gasteiger partial charge < -0.3 is 14.6 Å². The molecule has 0 unspecified atom stereocenters. The lowest BCUT2D eigenvalue weighted by molar-refractivity contribution is 0.0601. The van der Waals surface area contributed by atoms with Gasteiger partial charge in [-0.15, -0.1) is 0 Å². The van der Waals surface area contributed by atoms with Gasteiger partial charge in [0, 0.05) is 28.3 Å². The van der Waals surface area contributed by atoms with Gasteiger partial charge in [-0.25, -0.2) is 4.79 Å². The van der Waals surface area contributed by atoms with Crippen molar-refractivity contribution in [2.75, 3.05) is 19.0 Å². The number of rotatable bonds is 6. The van der Waals surface area contributed by atoms with Crippen molar-refractivity contribution in [1.29, 1.82) is 0 Å². The number of methoxy groups -OCH3 is 1. The van der Waals surface area contributed by atoms with E-state index in [0.29, 0.717) is 16.8 Å². The molecular weight excluding hydrogens is 352 g/mol. The monoisotopic (exact) mass is 376 g/mol. The highest BCUT2D eigenvalue weighted by Gasteiger charge is 2.18. The van der Waals surface area contributed by atoms with Crippen molar-refractivity contribution in [3.63, 3.8) is 0 Å². The van der Waals surface area contributed by atoms with Crippen molar-refractivity contribution in [2.45, 2.75) is 20.8 Å². The zero-order valence-electron chi connectivity index (χ0n) is 16.6. The zero-order valence-corrected chi connectivity index (χ0v) is 16.6. The molecule has 0 amide bonds. The van der Waals surface area contributed by atoms with E-state index in [2.05, 4.69) is 34.1 Å². The summed E-state index contributed by atoms with van der Waals surface area (Å²) in [5.74, 6) is -0.473. The summed E-state index contributed by atoms with van der Waals surface area (Å²) >= 11 is 0. The number of Topliss-reactive ketones (excluding diaryl/α,β-unsaturated/α-hetero) is 1. The molecule has 0 saturated heterocycles. The highest BCUT2D eigenvalue weighted by Crippen LogP contribution is 2.22. The maximum atomic E-state index is 12.8. The minimum Gasteiger partial charge on any atom is -0.465 e. The van der Waals surface area contributed by atoms with Crippen molar-refractivity contribution in [3.05, 3.63) is 82.7 Å². The number of nitrogens with zero attached hydrogens (tertiary/aromatic N) is 1. The third kappa shape index (κ3) is 3.83. The fourth-order valence-corrected chi connectivity index (χ4v) is 3.33. The number of carbonyl (C=O) groups is 2. The largest absolute Gasteiger partial charge is 0.465 e. The third-order valence-corrected chi connectivity index (χ3v) is 4.80. The first-order chi connectivity index (χ1) is 13.4. The molecule has 1 aromatic heterocycles. The number of aromatic nitrogens is 1. The van der Waals surface area contributed by atoms with E-state index in [1.807, 2.05) is 32.9 Å². The number of ether oxygens (including phenoxy) is 1. The topological polar surface area (TPSA) is 60.3 Å². The Morgan fingerprint density at radius 3 is 2.32 bits per heavy atom. The Bertz CT molecular complexity index is 1020. The normalized spacial score (nSPS) is 10.6. The van der Waals surface area contributed by atoms with Crippen LogP contribution in [0.2, 0.25) is 0 Å². The molecule has 0 aliphatic heterocycles. The minimum atomic E-state index is -0.437. The van der Waals surface area contributed by atoms with Crippen LogP contribution >= 0.6 is 0 Å². The first kappa shape index (κ1) is 19.4. The molecule has 0 bridgehead atoms. The smallest absolute Gasteiger partial charge is 0.339 e. The first-order valence-corrected chi connectivity index (χ1v) is 9.12. The summed E-state index contributed by atoms with van der Waals surface area (Å²) in [6.45, 7) is 6.07. The number of ketones is 1. The second-order valence-electron chi connectivity index (χ2n) is 6.77. The fraction of sp³-hybridized carbons (Fsp3) is 0.217. The van der Waals surface area contributed by atoms with Crippen LogP contribution in [0.1, 0.15) is 37.7 Å². The Morgan fingerprint density at radius 2 is 1.64 bits per heavy atom. The van der Waals surface area contributed by atoms with Crippen LogP contribution in [0.3, 0.4) is 0 Å². The summed E-state index contributed by atoms with van der Waals surface area (Å²) in [6.07, 6.45) is 0. The highest BCUT2D eigenvalue weighted by atomic mass is 16.5. The number of aryl methyl sites for hydroxylation is 2. The number of esters is 1. The van der Waals surface area contributed by atoms with Crippen LogP contribution in [0.4, 0.5) is 5.69 Å². The van der Waals surface area contributed by atoms with Gasteiger partial charge in [0.25, 0.3) is 0 Å². The van der Waals surface area contributed by atoms with Crippen LogP contribution in [-0.2, 0) is 4.74 Å². The summed E-state index contributed by atoms with van der Waals surface area (Å²) in [6, 6.07) is 17.1. The molecule has 0 atom stereocenters. The Hall–Kier alpha value is -3.34. The van der Waals surface area contributed by atoms with Gasteiger partial charge in [-0.05, 0) is 51.1 Å². The van der Waals surface area contributed by atoms with E-state index in [9.17, 15) is 9.59 Å². The van der Waals surface area contributed by atoms with Gasteiger partial charge in [-0.1, -0.05) is 29.8 Å². The Morgan fingerprint density at radius 1 is 0.964 bits per heavy atom. The number of anilines is 1. The van der Waals surface area contributed by atoms with Crippen molar-refractivity contribution in [1.82, 2.24) is 4.57 Å². The van der Waals surface area contributed by atoms with E-state index in [-0.39, 0.29) is 12.3 Å². The molecule has 0 spiro atoms. The first-order valence-electron chi connectivity index (χ1n) is 9.12. The van der Waals surface area contributed by atoms with Crippen molar-refractivity contribution >= 4 is 17.4 Å². The average Bonchev–Trinajstić information content (AvgIpc) is 3.00. The van der Waals surface area contributed by atoms with E-state index in [4.69, 9.17) is 4.74 Å². The van der Waals surface area contributed by atoms with Crippen LogP contribution in [0, 0.1) is 20.8 Å². The fourth-order valence-electron chi connectivity index (χ4n) is 3.33. The summed E-state index contributed by atoms with van der Waals surface area (Å²) in [4.78, 5) is 24.7. The molecule has 28 heavy (non-hydrogen) atoms. The van der Waals surface area contributed by atoms with E-state index < -0.39 is 5.97 Å². The summed E-state index contributed by atoms with van der Waals surface area (Å²) < 4.78 is 6.88. The quantitative estimate of drug-likeness (QED) is 0.509. The van der Waals surface area contributed by atoms with Crippen molar-refractivity contribution in [2.24, 2.45) is 0 Å². The molecule has 3 rings (SSSR count). The Labute approximate surface area is 165 Å². The number of para-hydroxylation sites is 1. The lowest BCUT2D eigenvalue weighted by atomic mass is 10.1. The van der Waals surface area contributed by atoms with Crippen LogP contribution < -0.4 is 5.32 Å². The van der Waals surface area contributed by atoms with Crippen LogP contribution in [0.25, 0.3) is 5.69 Å². The molecule has 0 radical (unpaired) electrons. The number of carbonyl (C=O) groups excluding carboxylic acids is 2. The predicted molar refractivity (Wildman–Crippen MR) is 111 cm³/mol. The molecule has 3 aromatic rings. The maximum absolute atomic E-state index is 12.8.